The lowest BCUT2D eigenvalue weighted by Gasteiger charge is -2.18. The van der Waals surface area contributed by atoms with Crippen LogP contribution in [0.1, 0.15) is 31.1 Å². The third-order valence-electron chi connectivity index (χ3n) is 4.51. The van der Waals surface area contributed by atoms with Crippen LogP contribution in [0, 0.1) is 0 Å². The van der Waals surface area contributed by atoms with Crippen LogP contribution in [0.15, 0.2) is 29.5 Å². The van der Waals surface area contributed by atoms with Crippen LogP contribution in [0.25, 0.3) is 16.6 Å². The number of esters is 1. The Hall–Kier alpha value is -2.74. The number of carbonyl (C=O) groups is 1. The van der Waals surface area contributed by atoms with Gasteiger partial charge in [-0.05, 0) is 26.1 Å². The second kappa shape index (κ2) is 7.65. The number of aromatic nitrogens is 4. The molecule has 0 N–H and O–H groups in total. The Morgan fingerprint density at radius 1 is 1.23 bits per heavy atom. The molecule has 3 rings (SSSR count). The average molecular weight is 357 g/mol. The zero-order valence-corrected chi connectivity index (χ0v) is 15.3. The predicted octanol–water partition coefficient (Wildman–Crippen LogP) is 1.56. The molecule has 0 bridgehead atoms. The van der Waals surface area contributed by atoms with Crippen molar-refractivity contribution in [3.05, 3.63) is 40.6 Å². The molecule has 0 fully saturated rings. The van der Waals surface area contributed by atoms with Crippen LogP contribution in [0.2, 0.25) is 0 Å². The van der Waals surface area contributed by atoms with Crippen LogP contribution in [-0.2, 0) is 11.3 Å². The maximum absolute atomic E-state index is 12.8. The van der Waals surface area contributed by atoms with Gasteiger partial charge in [0.15, 0.2) is 5.65 Å². The summed E-state index contributed by atoms with van der Waals surface area (Å²) in [7, 11) is 0. The Labute approximate surface area is 151 Å². The lowest BCUT2D eigenvalue weighted by atomic mass is 10.3. The summed E-state index contributed by atoms with van der Waals surface area (Å²) in [5.41, 5.74) is 1.18. The quantitative estimate of drug-likeness (QED) is 0.597. The van der Waals surface area contributed by atoms with Crippen molar-refractivity contribution in [1.29, 1.82) is 0 Å². The minimum Gasteiger partial charge on any atom is -0.462 e. The first kappa shape index (κ1) is 18.1. The van der Waals surface area contributed by atoms with Crippen molar-refractivity contribution in [2.24, 2.45) is 0 Å². The van der Waals surface area contributed by atoms with Crippen molar-refractivity contribution in [1.82, 2.24) is 24.1 Å². The highest BCUT2D eigenvalue weighted by Crippen LogP contribution is 2.15. The van der Waals surface area contributed by atoms with Gasteiger partial charge < -0.3 is 14.2 Å². The summed E-state index contributed by atoms with van der Waals surface area (Å²) in [5.74, 6) is -0.470. The molecule has 0 unspecified atom stereocenters. The van der Waals surface area contributed by atoms with E-state index in [1.54, 1.807) is 17.7 Å². The Bertz CT molecular complexity index is 988. The lowest BCUT2D eigenvalue weighted by molar-refractivity contribution is 0.0528. The Balaban J connectivity index is 2.01. The summed E-state index contributed by atoms with van der Waals surface area (Å²) in [6.07, 6.45) is 4.69. The molecule has 0 aliphatic heterocycles. The van der Waals surface area contributed by atoms with Crippen LogP contribution in [0.4, 0.5) is 0 Å². The van der Waals surface area contributed by atoms with Crippen molar-refractivity contribution >= 4 is 22.5 Å². The van der Waals surface area contributed by atoms with Gasteiger partial charge in [0.2, 0.25) is 0 Å². The van der Waals surface area contributed by atoms with Crippen molar-refractivity contribution in [3.8, 4) is 0 Å². The van der Waals surface area contributed by atoms with Crippen LogP contribution in [0.3, 0.4) is 0 Å². The SMILES string of the molecule is CCOC(=O)c1cnn2c1ncc1c(=O)n(CCN(CC)CC)ccc12. The molecule has 26 heavy (non-hydrogen) atoms. The first-order chi connectivity index (χ1) is 12.6. The number of hydrogen-bond acceptors (Lipinski definition) is 6. The van der Waals surface area contributed by atoms with Gasteiger partial charge >= 0.3 is 5.97 Å². The first-order valence-electron chi connectivity index (χ1n) is 8.86. The van der Waals surface area contributed by atoms with E-state index in [0.717, 1.165) is 19.6 Å². The van der Waals surface area contributed by atoms with Gasteiger partial charge in [-0.3, -0.25) is 4.79 Å². The molecule has 0 radical (unpaired) electrons. The number of likely N-dealkylation sites (N-methyl/N-ethyl adjacent to an activating group) is 1. The van der Waals surface area contributed by atoms with Crippen LogP contribution in [0.5, 0.6) is 0 Å². The molecule has 3 aromatic heterocycles. The molecule has 3 heterocycles. The number of rotatable bonds is 7. The molecule has 0 atom stereocenters. The lowest BCUT2D eigenvalue weighted by Crippen LogP contribution is -2.30. The predicted molar refractivity (Wildman–Crippen MR) is 98.5 cm³/mol. The fraction of sp³-hybridized carbons (Fsp3) is 0.444. The number of fused-ring (bicyclic) bond motifs is 3. The smallest absolute Gasteiger partial charge is 0.343 e. The highest BCUT2D eigenvalue weighted by atomic mass is 16.5. The first-order valence-corrected chi connectivity index (χ1v) is 8.86. The van der Waals surface area contributed by atoms with Gasteiger partial charge in [-0.1, -0.05) is 13.8 Å². The van der Waals surface area contributed by atoms with Crippen LogP contribution >= 0.6 is 0 Å². The Kier molecular flexibility index (Phi) is 5.32. The van der Waals surface area contributed by atoms with Crippen molar-refractivity contribution < 1.29 is 9.53 Å². The number of ether oxygens (including phenoxy) is 1. The fourth-order valence-corrected chi connectivity index (χ4v) is 2.97. The highest BCUT2D eigenvalue weighted by Gasteiger charge is 2.17. The summed E-state index contributed by atoms with van der Waals surface area (Å²) in [6.45, 7) is 9.55. The van der Waals surface area contributed by atoms with Crippen molar-refractivity contribution in [2.45, 2.75) is 27.3 Å². The highest BCUT2D eigenvalue weighted by molar-refractivity contribution is 5.96. The summed E-state index contributed by atoms with van der Waals surface area (Å²) >= 11 is 0. The molecule has 0 amide bonds. The fourth-order valence-electron chi connectivity index (χ4n) is 2.97. The normalized spacial score (nSPS) is 11.5. The second-order valence-electron chi connectivity index (χ2n) is 5.91. The van der Waals surface area contributed by atoms with Crippen LogP contribution in [-0.4, -0.2) is 56.3 Å². The molecule has 0 aliphatic carbocycles. The van der Waals surface area contributed by atoms with E-state index in [4.69, 9.17) is 4.74 Å². The van der Waals surface area contributed by atoms with E-state index in [1.165, 1.54) is 16.9 Å². The van der Waals surface area contributed by atoms with E-state index in [1.807, 2.05) is 6.07 Å². The molecule has 0 aliphatic rings. The van der Waals surface area contributed by atoms with E-state index in [9.17, 15) is 9.59 Å². The van der Waals surface area contributed by atoms with E-state index in [2.05, 4.69) is 28.8 Å². The summed E-state index contributed by atoms with van der Waals surface area (Å²) in [4.78, 5) is 31.3. The molecule has 0 aromatic carbocycles. The molecular weight excluding hydrogens is 334 g/mol. The molecule has 138 valence electrons. The molecule has 0 saturated carbocycles. The van der Waals surface area contributed by atoms with Gasteiger partial charge in [0.05, 0.1) is 23.7 Å². The van der Waals surface area contributed by atoms with Crippen LogP contribution < -0.4 is 5.56 Å². The number of pyridine rings is 1. The largest absolute Gasteiger partial charge is 0.462 e. The van der Waals surface area contributed by atoms with Crippen molar-refractivity contribution in [3.63, 3.8) is 0 Å². The number of carbonyl (C=O) groups excluding carboxylic acids is 1. The van der Waals surface area contributed by atoms with Gasteiger partial charge in [-0.15, -0.1) is 0 Å². The molecule has 8 heteroatoms. The molecule has 0 spiro atoms. The van der Waals surface area contributed by atoms with Gasteiger partial charge in [-0.2, -0.15) is 5.10 Å². The van der Waals surface area contributed by atoms with Crippen molar-refractivity contribution in [2.75, 3.05) is 26.2 Å². The maximum atomic E-state index is 12.8. The monoisotopic (exact) mass is 357 g/mol. The van der Waals surface area contributed by atoms with E-state index >= 15 is 0 Å². The second-order valence-corrected chi connectivity index (χ2v) is 5.91. The molecule has 3 aromatic rings. The standard InChI is InChI=1S/C18H23N5O3/c1-4-21(5-2)9-10-22-8-7-15-13(17(22)24)11-19-16-14(12-20-23(15)16)18(25)26-6-3/h7-8,11-12H,4-6,9-10H2,1-3H3. The zero-order chi connectivity index (χ0) is 18.7. The number of hydrogen-bond donors (Lipinski definition) is 0. The van der Waals surface area contributed by atoms with Gasteiger partial charge in [-0.25, -0.2) is 14.3 Å². The van der Waals surface area contributed by atoms with Gasteiger partial charge in [0, 0.05) is 25.5 Å². The Morgan fingerprint density at radius 2 is 2.00 bits per heavy atom. The topological polar surface area (TPSA) is 81.7 Å². The molecular formula is C18H23N5O3. The maximum Gasteiger partial charge on any atom is 0.343 e. The van der Waals surface area contributed by atoms with E-state index in [0.29, 0.717) is 28.7 Å². The van der Waals surface area contributed by atoms with E-state index in [-0.39, 0.29) is 12.2 Å². The third-order valence-corrected chi connectivity index (χ3v) is 4.51. The summed E-state index contributed by atoms with van der Waals surface area (Å²) in [6, 6.07) is 1.83. The summed E-state index contributed by atoms with van der Waals surface area (Å²) < 4.78 is 8.22. The zero-order valence-electron chi connectivity index (χ0n) is 15.3. The third kappa shape index (κ3) is 3.20. The molecule has 0 saturated heterocycles. The minimum absolute atomic E-state index is 0.114. The Morgan fingerprint density at radius 3 is 2.69 bits per heavy atom. The molecule has 8 nitrogen and oxygen atoms in total. The minimum atomic E-state index is -0.470. The van der Waals surface area contributed by atoms with Gasteiger partial charge in [0.1, 0.15) is 5.56 Å². The summed E-state index contributed by atoms with van der Waals surface area (Å²) in [5, 5.41) is 4.69. The van der Waals surface area contributed by atoms with E-state index < -0.39 is 5.97 Å². The average Bonchev–Trinajstić information content (AvgIpc) is 3.09. The van der Waals surface area contributed by atoms with Gasteiger partial charge in [0.25, 0.3) is 5.56 Å². The number of nitrogens with zero attached hydrogens (tertiary/aromatic N) is 5.